The van der Waals surface area contributed by atoms with Gasteiger partial charge in [-0.25, -0.2) is 0 Å². The van der Waals surface area contributed by atoms with Gasteiger partial charge in [0.25, 0.3) is 0 Å². The summed E-state index contributed by atoms with van der Waals surface area (Å²) in [5, 5.41) is 10.7. The molecule has 3 nitrogen and oxygen atoms in total. The molecule has 0 aliphatic heterocycles. The van der Waals surface area contributed by atoms with E-state index in [1.807, 2.05) is 36.4 Å². The Morgan fingerprint density at radius 3 is 2.58 bits per heavy atom. The molecule has 4 heteroatoms. The zero-order valence-corrected chi connectivity index (χ0v) is 11.2. The predicted octanol–water partition coefficient (Wildman–Crippen LogP) is 3.17. The molecule has 0 bridgehead atoms. The molecule has 0 radical (unpaired) electrons. The number of hydrogen-bond acceptors (Lipinski definition) is 3. The quantitative estimate of drug-likeness (QED) is 0.826. The summed E-state index contributed by atoms with van der Waals surface area (Å²) in [6.07, 6.45) is -0.671. The van der Waals surface area contributed by atoms with Gasteiger partial charge in [-0.3, -0.25) is 0 Å². The van der Waals surface area contributed by atoms with Crippen molar-refractivity contribution in [3.8, 4) is 0 Å². The molecule has 0 saturated heterocycles. The predicted molar refractivity (Wildman–Crippen MR) is 76.9 cm³/mol. The van der Waals surface area contributed by atoms with Gasteiger partial charge >= 0.3 is 0 Å². The van der Waals surface area contributed by atoms with E-state index in [2.05, 4.69) is 0 Å². The first-order chi connectivity index (χ1) is 9.15. The topological polar surface area (TPSA) is 55.5 Å². The molecule has 0 aliphatic rings. The zero-order valence-electron chi connectivity index (χ0n) is 10.4. The Kier molecular flexibility index (Phi) is 4.80. The highest BCUT2D eigenvalue weighted by molar-refractivity contribution is 6.30. The molecule has 0 saturated carbocycles. The lowest BCUT2D eigenvalue weighted by molar-refractivity contribution is 0.0277. The van der Waals surface area contributed by atoms with Gasteiger partial charge in [0.1, 0.15) is 6.10 Å². The van der Waals surface area contributed by atoms with Gasteiger partial charge in [-0.2, -0.15) is 0 Å². The number of aliphatic hydroxyl groups is 1. The summed E-state index contributed by atoms with van der Waals surface area (Å²) < 4.78 is 5.48. The van der Waals surface area contributed by atoms with Gasteiger partial charge in [0, 0.05) is 10.7 Å². The molecule has 3 N–H and O–H groups in total. The van der Waals surface area contributed by atoms with Gasteiger partial charge in [0.15, 0.2) is 0 Å². The first kappa shape index (κ1) is 13.9. The second-order valence-corrected chi connectivity index (χ2v) is 4.76. The van der Waals surface area contributed by atoms with E-state index in [1.54, 1.807) is 12.1 Å². The van der Waals surface area contributed by atoms with Crippen molar-refractivity contribution in [2.75, 3.05) is 12.3 Å². The first-order valence-corrected chi connectivity index (χ1v) is 6.38. The highest BCUT2D eigenvalue weighted by atomic mass is 35.5. The van der Waals surface area contributed by atoms with Crippen molar-refractivity contribution < 1.29 is 9.84 Å². The fourth-order valence-electron chi connectivity index (χ4n) is 1.73. The Morgan fingerprint density at radius 2 is 1.89 bits per heavy atom. The van der Waals surface area contributed by atoms with Crippen LogP contribution in [0.1, 0.15) is 17.2 Å². The van der Waals surface area contributed by atoms with Crippen LogP contribution < -0.4 is 5.73 Å². The third-order valence-electron chi connectivity index (χ3n) is 2.75. The van der Waals surface area contributed by atoms with Crippen LogP contribution in [-0.4, -0.2) is 11.7 Å². The second-order valence-electron chi connectivity index (χ2n) is 4.33. The summed E-state index contributed by atoms with van der Waals surface area (Å²) in [5.41, 5.74) is 8.08. The largest absolute Gasteiger partial charge is 0.399 e. The summed E-state index contributed by atoms with van der Waals surface area (Å²) in [6, 6.07) is 14.6. The zero-order chi connectivity index (χ0) is 13.7. The van der Waals surface area contributed by atoms with Crippen LogP contribution in [-0.2, 0) is 11.3 Å². The number of ether oxygens (including phenoxy) is 1. The lowest BCUT2D eigenvalue weighted by Gasteiger charge is -2.12. The first-order valence-electron chi connectivity index (χ1n) is 6.01. The van der Waals surface area contributed by atoms with Crippen LogP contribution in [0.3, 0.4) is 0 Å². The third-order valence-corrected chi connectivity index (χ3v) is 3.01. The monoisotopic (exact) mass is 277 g/mol. The minimum absolute atomic E-state index is 0.228. The van der Waals surface area contributed by atoms with E-state index in [-0.39, 0.29) is 6.61 Å². The van der Waals surface area contributed by atoms with Crippen molar-refractivity contribution in [3.63, 3.8) is 0 Å². The Balaban J connectivity index is 1.84. The summed E-state index contributed by atoms with van der Waals surface area (Å²) in [4.78, 5) is 0. The average Bonchev–Trinajstić information content (AvgIpc) is 2.41. The summed E-state index contributed by atoms with van der Waals surface area (Å²) >= 11 is 5.80. The molecule has 2 aromatic rings. The van der Waals surface area contributed by atoms with Crippen molar-refractivity contribution >= 4 is 17.3 Å². The molecule has 0 heterocycles. The number of aliphatic hydroxyl groups excluding tert-OH is 1. The van der Waals surface area contributed by atoms with Crippen LogP contribution in [0.2, 0.25) is 5.02 Å². The van der Waals surface area contributed by atoms with Gasteiger partial charge in [0.05, 0.1) is 13.2 Å². The number of nitrogens with two attached hydrogens (primary N) is 1. The Bertz CT molecular complexity index is 528. The van der Waals surface area contributed by atoms with Crippen LogP contribution in [0.4, 0.5) is 5.69 Å². The summed E-state index contributed by atoms with van der Waals surface area (Å²) in [5.74, 6) is 0. The molecule has 0 fully saturated rings. The van der Waals surface area contributed by atoms with Crippen molar-refractivity contribution in [1.29, 1.82) is 0 Å². The Labute approximate surface area is 117 Å². The van der Waals surface area contributed by atoms with E-state index in [0.717, 1.165) is 11.1 Å². The van der Waals surface area contributed by atoms with Crippen molar-refractivity contribution in [3.05, 3.63) is 64.7 Å². The lowest BCUT2D eigenvalue weighted by Crippen LogP contribution is -2.07. The fourth-order valence-corrected chi connectivity index (χ4v) is 1.86. The van der Waals surface area contributed by atoms with Crippen molar-refractivity contribution in [1.82, 2.24) is 0 Å². The maximum Gasteiger partial charge on any atom is 0.102 e. The maximum atomic E-state index is 9.97. The van der Waals surface area contributed by atoms with E-state index in [1.165, 1.54) is 0 Å². The van der Waals surface area contributed by atoms with Gasteiger partial charge in [-0.05, 0) is 35.4 Å². The Morgan fingerprint density at radius 1 is 1.16 bits per heavy atom. The molecule has 100 valence electrons. The van der Waals surface area contributed by atoms with Crippen LogP contribution in [0, 0.1) is 0 Å². The maximum absolute atomic E-state index is 9.97. The van der Waals surface area contributed by atoms with E-state index in [0.29, 0.717) is 17.3 Å². The van der Waals surface area contributed by atoms with E-state index in [9.17, 15) is 5.11 Å². The second kappa shape index (κ2) is 6.57. The Hall–Kier alpha value is -1.55. The van der Waals surface area contributed by atoms with Crippen LogP contribution in [0.15, 0.2) is 48.5 Å². The molecule has 0 spiro atoms. The summed E-state index contributed by atoms with van der Waals surface area (Å²) in [6.45, 7) is 0.669. The number of hydrogen-bond donors (Lipinski definition) is 2. The van der Waals surface area contributed by atoms with Gasteiger partial charge < -0.3 is 15.6 Å². The highest BCUT2D eigenvalue weighted by Gasteiger charge is 2.07. The standard InChI is InChI=1S/C15H16ClNO2/c16-13-6-4-11(5-7-13)9-19-10-15(18)12-2-1-3-14(17)8-12/h1-8,15,18H,9-10,17H2. The van der Waals surface area contributed by atoms with Gasteiger partial charge in [-0.15, -0.1) is 0 Å². The number of anilines is 1. The van der Waals surface area contributed by atoms with Crippen molar-refractivity contribution in [2.24, 2.45) is 0 Å². The van der Waals surface area contributed by atoms with Crippen LogP contribution in [0.5, 0.6) is 0 Å². The average molecular weight is 278 g/mol. The molecular weight excluding hydrogens is 262 g/mol. The van der Waals surface area contributed by atoms with Crippen LogP contribution >= 0.6 is 11.6 Å². The minimum Gasteiger partial charge on any atom is -0.399 e. The lowest BCUT2D eigenvalue weighted by atomic mass is 10.1. The molecule has 2 rings (SSSR count). The fraction of sp³-hybridized carbons (Fsp3) is 0.200. The molecule has 0 aliphatic carbocycles. The number of rotatable bonds is 5. The van der Waals surface area contributed by atoms with Gasteiger partial charge in [-0.1, -0.05) is 35.9 Å². The molecular formula is C15H16ClNO2. The molecule has 19 heavy (non-hydrogen) atoms. The van der Waals surface area contributed by atoms with Crippen molar-refractivity contribution in [2.45, 2.75) is 12.7 Å². The molecule has 1 unspecified atom stereocenters. The number of nitrogen functional groups attached to an aromatic ring is 1. The normalized spacial score (nSPS) is 12.3. The smallest absolute Gasteiger partial charge is 0.102 e. The number of halogens is 1. The summed E-state index contributed by atoms with van der Waals surface area (Å²) in [7, 11) is 0. The minimum atomic E-state index is -0.671. The highest BCUT2D eigenvalue weighted by Crippen LogP contribution is 2.17. The SMILES string of the molecule is Nc1cccc(C(O)COCc2ccc(Cl)cc2)c1. The molecule has 2 aromatic carbocycles. The molecule has 0 amide bonds. The van der Waals surface area contributed by atoms with E-state index in [4.69, 9.17) is 22.1 Å². The van der Waals surface area contributed by atoms with Crippen LogP contribution in [0.25, 0.3) is 0 Å². The van der Waals surface area contributed by atoms with E-state index < -0.39 is 6.10 Å². The molecule has 1 atom stereocenters. The van der Waals surface area contributed by atoms with E-state index >= 15 is 0 Å². The molecule has 0 aromatic heterocycles. The number of benzene rings is 2. The third kappa shape index (κ3) is 4.24. The van der Waals surface area contributed by atoms with Gasteiger partial charge in [0.2, 0.25) is 0 Å².